The molecule has 2 aromatic heterocycles. The maximum Gasteiger partial charge on any atom is 0.323 e. The zero-order valence-electron chi connectivity index (χ0n) is 25.4. The number of hydrogen-bond donors (Lipinski definition) is 4. The number of aromatic nitrogens is 2. The second-order valence-electron chi connectivity index (χ2n) is 12.1. The number of carbonyl (C=O) groups excluding carboxylic acids is 2. The summed E-state index contributed by atoms with van der Waals surface area (Å²) in [7, 11) is 1.86. The zero-order valence-corrected chi connectivity index (χ0v) is 26.2. The Kier molecular flexibility index (Phi) is 9.04. The Labute approximate surface area is 272 Å². The van der Waals surface area contributed by atoms with Crippen LogP contribution in [0.15, 0.2) is 91.3 Å². The van der Waals surface area contributed by atoms with E-state index >= 15 is 4.39 Å². The van der Waals surface area contributed by atoms with E-state index in [0.717, 1.165) is 24.1 Å². The van der Waals surface area contributed by atoms with Gasteiger partial charge in [0.25, 0.3) is 0 Å². The number of β-amino-alcohol motifs (C(OH)–C–C–N with tert-alkyl or cyclic N) is 1. The molecule has 2 fully saturated rings. The SMILES string of the molecule is CNC(CCC1CC1)(c1ccc(F)c(NC(=O)[C@H]2C[C@](O)(c3ccccc3)CN2C(=O)Nc2ccc(Cl)cn2)c1)c1ccccn1. The molecule has 238 valence electrons. The summed E-state index contributed by atoms with van der Waals surface area (Å²) in [5.41, 5.74) is -0.149. The van der Waals surface area contributed by atoms with Crippen LogP contribution >= 0.6 is 11.6 Å². The fourth-order valence-corrected chi connectivity index (χ4v) is 6.40. The molecule has 1 aliphatic heterocycles. The largest absolute Gasteiger partial charge is 0.383 e. The summed E-state index contributed by atoms with van der Waals surface area (Å²) in [5, 5.41) is 21.0. The van der Waals surface area contributed by atoms with E-state index in [-0.39, 0.29) is 24.5 Å². The molecule has 1 saturated heterocycles. The topological polar surface area (TPSA) is 119 Å². The van der Waals surface area contributed by atoms with Crippen molar-refractivity contribution in [2.45, 2.75) is 49.3 Å². The van der Waals surface area contributed by atoms with Crippen LogP contribution in [0.2, 0.25) is 5.02 Å². The van der Waals surface area contributed by atoms with Gasteiger partial charge in [0.15, 0.2) is 0 Å². The minimum absolute atomic E-state index is 0.0284. The molecule has 46 heavy (non-hydrogen) atoms. The van der Waals surface area contributed by atoms with Crippen molar-refractivity contribution in [2.24, 2.45) is 5.92 Å². The van der Waals surface area contributed by atoms with E-state index in [1.165, 1.54) is 36.1 Å². The standard InChI is InChI=1S/C35H36ClFN6O3/c1-38-35(17-16-23-10-11-23,30-9-5-6-18-39-30)25-12-14-27(37)28(19-25)41-32(44)29-20-34(46,24-7-3-2-4-8-24)22-43(29)33(45)42-31-15-13-26(36)21-40-31/h2-9,12-15,18-19,21,23,29,38,46H,10-11,16-17,20,22H2,1H3,(H,41,44)(H,40,42,45)/t29-,34-,35?/m1/s1. The summed E-state index contributed by atoms with van der Waals surface area (Å²) in [6.45, 7) is -0.166. The number of likely N-dealkylation sites (tertiary alicyclic amines) is 1. The van der Waals surface area contributed by atoms with E-state index < -0.39 is 34.9 Å². The van der Waals surface area contributed by atoms with Crippen molar-refractivity contribution in [3.63, 3.8) is 0 Å². The van der Waals surface area contributed by atoms with Crippen LogP contribution in [0, 0.1) is 11.7 Å². The highest BCUT2D eigenvalue weighted by Gasteiger charge is 2.49. The van der Waals surface area contributed by atoms with Crippen LogP contribution in [0.5, 0.6) is 0 Å². The highest BCUT2D eigenvalue weighted by molar-refractivity contribution is 6.30. The number of aliphatic hydroxyl groups is 1. The first-order chi connectivity index (χ1) is 22.2. The predicted molar refractivity (Wildman–Crippen MR) is 175 cm³/mol. The molecule has 2 aromatic carbocycles. The first kappa shape index (κ1) is 31.6. The maximum atomic E-state index is 15.4. The third-order valence-electron chi connectivity index (χ3n) is 9.05. The average Bonchev–Trinajstić information content (AvgIpc) is 3.84. The molecule has 1 saturated carbocycles. The van der Waals surface area contributed by atoms with Crippen LogP contribution in [-0.4, -0.2) is 51.5 Å². The third-order valence-corrected chi connectivity index (χ3v) is 9.27. The van der Waals surface area contributed by atoms with Gasteiger partial charge in [0.1, 0.15) is 23.3 Å². The van der Waals surface area contributed by atoms with Gasteiger partial charge >= 0.3 is 6.03 Å². The molecule has 1 aliphatic carbocycles. The Bertz CT molecular complexity index is 1690. The van der Waals surface area contributed by atoms with Crippen LogP contribution in [0.1, 0.15) is 48.9 Å². The van der Waals surface area contributed by atoms with Crippen molar-refractivity contribution in [3.8, 4) is 0 Å². The van der Waals surface area contributed by atoms with E-state index in [0.29, 0.717) is 16.5 Å². The summed E-state index contributed by atoms with van der Waals surface area (Å²) in [4.78, 5) is 37.5. The molecule has 2 aliphatic rings. The summed E-state index contributed by atoms with van der Waals surface area (Å²) in [6, 6.07) is 20.6. The van der Waals surface area contributed by atoms with E-state index in [9.17, 15) is 14.7 Å². The molecule has 0 spiro atoms. The van der Waals surface area contributed by atoms with Gasteiger partial charge < -0.3 is 20.6 Å². The summed E-state index contributed by atoms with van der Waals surface area (Å²) >= 11 is 5.94. The minimum atomic E-state index is -1.52. The predicted octanol–water partition coefficient (Wildman–Crippen LogP) is 6.06. The van der Waals surface area contributed by atoms with Gasteiger partial charge in [0.2, 0.25) is 5.91 Å². The number of rotatable bonds is 10. The van der Waals surface area contributed by atoms with Gasteiger partial charge in [-0.05, 0) is 73.3 Å². The smallest absolute Gasteiger partial charge is 0.323 e. The summed E-state index contributed by atoms with van der Waals surface area (Å²) in [5.74, 6) is -0.371. The van der Waals surface area contributed by atoms with Crippen molar-refractivity contribution in [1.29, 1.82) is 0 Å². The number of pyridine rings is 2. The second-order valence-corrected chi connectivity index (χ2v) is 12.5. The number of benzene rings is 2. The number of nitrogens with zero attached hydrogens (tertiary/aromatic N) is 3. The summed E-state index contributed by atoms with van der Waals surface area (Å²) < 4.78 is 15.4. The number of nitrogens with one attached hydrogen (secondary N) is 3. The van der Waals surface area contributed by atoms with E-state index in [1.807, 2.05) is 31.3 Å². The monoisotopic (exact) mass is 642 g/mol. The number of halogens is 2. The first-order valence-corrected chi connectivity index (χ1v) is 15.8. The van der Waals surface area contributed by atoms with Crippen molar-refractivity contribution >= 4 is 35.0 Å². The van der Waals surface area contributed by atoms with Gasteiger partial charge in [-0.15, -0.1) is 0 Å². The van der Waals surface area contributed by atoms with Gasteiger partial charge in [0, 0.05) is 18.8 Å². The Morgan fingerprint density at radius 3 is 2.50 bits per heavy atom. The molecule has 3 atom stereocenters. The molecule has 3 heterocycles. The fourth-order valence-electron chi connectivity index (χ4n) is 6.29. The first-order valence-electron chi connectivity index (χ1n) is 15.4. The molecule has 11 heteroatoms. The van der Waals surface area contributed by atoms with Crippen molar-refractivity contribution in [1.82, 2.24) is 20.2 Å². The average molecular weight is 643 g/mol. The van der Waals surface area contributed by atoms with Gasteiger partial charge in [-0.25, -0.2) is 14.2 Å². The lowest BCUT2D eigenvalue weighted by Gasteiger charge is -2.34. The van der Waals surface area contributed by atoms with Crippen LogP contribution in [0.25, 0.3) is 0 Å². The van der Waals surface area contributed by atoms with E-state index in [4.69, 9.17) is 11.6 Å². The zero-order chi connectivity index (χ0) is 32.3. The molecule has 1 unspecified atom stereocenters. The third kappa shape index (κ3) is 6.60. The lowest BCUT2D eigenvalue weighted by atomic mass is 9.81. The molecule has 6 rings (SSSR count). The van der Waals surface area contributed by atoms with Gasteiger partial charge in [-0.3, -0.25) is 15.1 Å². The summed E-state index contributed by atoms with van der Waals surface area (Å²) in [6.07, 6.45) is 7.14. The quantitative estimate of drug-likeness (QED) is 0.167. The fraction of sp³-hybridized carbons (Fsp3) is 0.314. The van der Waals surface area contributed by atoms with Crippen LogP contribution in [0.4, 0.5) is 20.7 Å². The van der Waals surface area contributed by atoms with Crippen LogP contribution in [0.3, 0.4) is 0 Å². The number of urea groups is 1. The lowest BCUT2D eigenvalue weighted by molar-refractivity contribution is -0.119. The number of amides is 3. The van der Waals surface area contributed by atoms with Crippen molar-refractivity contribution in [3.05, 3.63) is 119 Å². The minimum Gasteiger partial charge on any atom is -0.383 e. The van der Waals surface area contributed by atoms with Crippen LogP contribution < -0.4 is 16.0 Å². The molecule has 4 aromatic rings. The maximum absolute atomic E-state index is 15.4. The normalized spacial score (nSPS) is 20.6. The van der Waals surface area contributed by atoms with Gasteiger partial charge in [-0.1, -0.05) is 66.9 Å². The highest BCUT2D eigenvalue weighted by Crippen LogP contribution is 2.42. The Hall–Kier alpha value is -4.38. The molecule has 3 amide bonds. The molecule has 9 nitrogen and oxygen atoms in total. The van der Waals surface area contributed by atoms with E-state index in [1.54, 1.807) is 48.7 Å². The number of carbonyl (C=O) groups is 2. The molecular formula is C35H36ClFN6O3. The number of anilines is 2. The second kappa shape index (κ2) is 13.2. The van der Waals surface area contributed by atoms with Crippen molar-refractivity contribution in [2.75, 3.05) is 24.2 Å². The lowest BCUT2D eigenvalue weighted by Crippen LogP contribution is -2.45. The van der Waals surface area contributed by atoms with E-state index in [2.05, 4.69) is 25.9 Å². The molecular weight excluding hydrogens is 607 g/mol. The van der Waals surface area contributed by atoms with Crippen molar-refractivity contribution < 1.29 is 19.1 Å². The Morgan fingerprint density at radius 1 is 1.04 bits per heavy atom. The van der Waals surface area contributed by atoms with Crippen LogP contribution in [-0.2, 0) is 15.9 Å². The molecule has 0 radical (unpaired) electrons. The highest BCUT2D eigenvalue weighted by atomic mass is 35.5. The van der Waals surface area contributed by atoms with Gasteiger partial charge in [0.05, 0.1) is 28.5 Å². The Balaban J connectivity index is 1.30. The van der Waals surface area contributed by atoms with Gasteiger partial charge in [-0.2, -0.15) is 0 Å². The Morgan fingerprint density at radius 2 is 1.83 bits per heavy atom. The molecule has 0 bridgehead atoms. The molecule has 4 N–H and O–H groups in total. The number of hydrogen-bond acceptors (Lipinski definition) is 6.